The number of ketones is 1. The van der Waals surface area contributed by atoms with Crippen LogP contribution in [0.25, 0.3) is 11.1 Å². The first kappa shape index (κ1) is 21.7. The van der Waals surface area contributed by atoms with Crippen LogP contribution in [0.2, 0.25) is 5.15 Å². The first-order valence-electron chi connectivity index (χ1n) is 10.0. The first-order valence-corrected chi connectivity index (χ1v) is 10.4. The average molecular weight is 421 g/mol. The van der Waals surface area contributed by atoms with Crippen LogP contribution in [0.1, 0.15) is 41.3 Å². The summed E-state index contributed by atoms with van der Waals surface area (Å²) in [6, 6.07) is 19.5. The van der Waals surface area contributed by atoms with E-state index in [1.165, 1.54) is 0 Å². The third kappa shape index (κ3) is 5.55. The summed E-state index contributed by atoms with van der Waals surface area (Å²) in [4.78, 5) is 30.0. The van der Waals surface area contributed by atoms with Crippen molar-refractivity contribution in [3.8, 4) is 11.1 Å². The highest BCUT2D eigenvalue weighted by Gasteiger charge is 2.10. The topological polar surface area (TPSA) is 50.3 Å². The lowest BCUT2D eigenvalue weighted by Crippen LogP contribution is -2.25. The molecule has 0 aliphatic rings. The minimum Gasteiger partial charge on any atom is -0.341 e. The van der Waals surface area contributed by atoms with Crippen molar-refractivity contribution in [3.05, 3.63) is 88.7 Å². The van der Waals surface area contributed by atoms with Crippen LogP contribution >= 0.6 is 11.6 Å². The number of Topliss-reactive ketones (excluding diaryl/α,β-unsaturated/α-hetero) is 1. The first-order chi connectivity index (χ1) is 14.5. The van der Waals surface area contributed by atoms with Gasteiger partial charge in [0, 0.05) is 38.2 Å². The summed E-state index contributed by atoms with van der Waals surface area (Å²) in [5.41, 5.74) is 4.78. The van der Waals surface area contributed by atoms with Crippen molar-refractivity contribution in [2.75, 3.05) is 7.05 Å². The molecule has 5 heteroatoms. The standard InChI is InChI=1S/C25H25ClN2O2/c1-3-24(30)28(2)17-18-6-8-19(9-7-18)20-10-12-21(13-11-20)23(29)15-14-22-5-4-16-27-25(22)26/h4-13,16H,3,14-15,17H2,1-2H3. The number of nitrogens with zero attached hydrogens (tertiary/aromatic N) is 2. The van der Waals surface area contributed by atoms with Crippen LogP contribution in [-0.2, 0) is 17.8 Å². The van der Waals surface area contributed by atoms with Gasteiger partial charge in [-0.25, -0.2) is 4.98 Å². The molecule has 154 valence electrons. The summed E-state index contributed by atoms with van der Waals surface area (Å²) < 4.78 is 0. The van der Waals surface area contributed by atoms with Crippen LogP contribution in [0.3, 0.4) is 0 Å². The van der Waals surface area contributed by atoms with Gasteiger partial charge in [0.25, 0.3) is 0 Å². The Hall–Kier alpha value is -2.98. The molecule has 3 aromatic rings. The zero-order chi connectivity index (χ0) is 21.5. The molecule has 1 amide bonds. The van der Waals surface area contributed by atoms with Crippen LogP contribution in [0.15, 0.2) is 66.9 Å². The number of halogens is 1. The van der Waals surface area contributed by atoms with E-state index in [4.69, 9.17) is 11.6 Å². The van der Waals surface area contributed by atoms with Crippen LogP contribution in [0.4, 0.5) is 0 Å². The van der Waals surface area contributed by atoms with Crippen molar-refractivity contribution in [2.24, 2.45) is 0 Å². The molecule has 1 aromatic heterocycles. The fourth-order valence-electron chi connectivity index (χ4n) is 3.28. The van der Waals surface area contributed by atoms with E-state index >= 15 is 0 Å². The molecule has 0 saturated carbocycles. The molecule has 3 rings (SSSR count). The molecule has 1 heterocycles. The monoisotopic (exact) mass is 420 g/mol. The SMILES string of the molecule is CCC(=O)N(C)Cc1ccc(-c2ccc(C(=O)CCc3cccnc3Cl)cc2)cc1. The van der Waals surface area contributed by atoms with E-state index in [9.17, 15) is 9.59 Å². The molecule has 4 nitrogen and oxygen atoms in total. The molecular weight excluding hydrogens is 396 g/mol. The van der Waals surface area contributed by atoms with E-state index in [0.29, 0.717) is 36.5 Å². The number of benzene rings is 2. The van der Waals surface area contributed by atoms with Gasteiger partial charge in [-0.05, 0) is 34.7 Å². The minimum absolute atomic E-state index is 0.0837. The van der Waals surface area contributed by atoms with Gasteiger partial charge >= 0.3 is 0 Å². The Kier molecular flexibility index (Phi) is 7.36. The van der Waals surface area contributed by atoms with Gasteiger partial charge in [0.1, 0.15) is 5.15 Å². The number of carbonyl (C=O) groups is 2. The highest BCUT2D eigenvalue weighted by atomic mass is 35.5. The Bertz CT molecular complexity index is 1010. The summed E-state index contributed by atoms with van der Waals surface area (Å²) in [6.45, 7) is 2.46. The third-order valence-corrected chi connectivity index (χ3v) is 5.44. The van der Waals surface area contributed by atoms with Crippen molar-refractivity contribution in [1.29, 1.82) is 0 Å². The van der Waals surface area contributed by atoms with Crippen molar-refractivity contribution in [3.63, 3.8) is 0 Å². The maximum Gasteiger partial charge on any atom is 0.222 e. The Morgan fingerprint density at radius 1 is 0.967 bits per heavy atom. The molecule has 0 aliphatic carbocycles. The quantitative estimate of drug-likeness (QED) is 0.352. The van der Waals surface area contributed by atoms with Gasteiger partial charge in [-0.2, -0.15) is 0 Å². The number of pyridine rings is 1. The Labute approximate surface area is 182 Å². The number of aromatic nitrogens is 1. The van der Waals surface area contributed by atoms with Crippen LogP contribution in [0, 0.1) is 0 Å². The van der Waals surface area contributed by atoms with Gasteiger partial charge in [-0.3, -0.25) is 9.59 Å². The molecule has 2 aromatic carbocycles. The second-order valence-corrected chi connectivity index (χ2v) is 7.61. The fraction of sp³-hybridized carbons (Fsp3) is 0.240. The smallest absolute Gasteiger partial charge is 0.222 e. The molecule has 0 aliphatic heterocycles. The van der Waals surface area contributed by atoms with E-state index in [1.807, 2.05) is 74.6 Å². The predicted molar refractivity (Wildman–Crippen MR) is 121 cm³/mol. The van der Waals surface area contributed by atoms with Crippen molar-refractivity contribution < 1.29 is 9.59 Å². The summed E-state index contributed by atoms with van der Waals surface area (Å²) in [7, 11) is 1.82. The second-order valence-electron chi connectivity index (χ2n) is 7.25. The van der Waals surface area contributed by atoms with Gasteiger partial charge in [0.05, 0.1) is 0 Å². The molecule has 0 spiro atoms. The summed E-state index contributed by atoms with van der Waals surface area (Å²) in [5, 5.41) is 0.453. The highest BCUT2D eigenvalue weighted by molar-refractivity contribution is 6.30. The van der Waals surface area contributed by atoms with Gasteiger partial charge in [0.2, 0.25) is 5.91 Å². The number of aryl methyl sites for hydroxylation is 1. The molecule has 0 radical (unpaired) electrons. The molecule has 0 bridgehead atoms. The number of hydrogen-bond acceptors (Lipinski definition) is 3. The van der Waals surface area contributed by atoms with Gasteiger partial charge in [-0.1, -0.05) is 73.1 Å². The van der Waals surface area contributed by atoms with Crippen molar-refractivity contribution >= 4 is 23.3 Å². The highest BCUT2D eigenvalue weighted by Crippen LogP contribution is 2.22. The molecule has 0 fully saturated rings. The number of rotatable bonds is 8. The van der Waals surface area contributed by atoms with Crippen LogP contribution in [-0.4, -0.2) is 28.6 Å². The summed E-state index contributed by atoms with van der Waals surface area (Å²) in [5.74, 6) is 0.213. The number of hydrogen-bond donors (Lipinski definition) is 0. The van der Waals surface area contributed by atoms with Gasteiger partial charge < -0.3 is 4.90 Å². The molecule has 30 heavy (non-hydrogen) atoms. The van der Waals surface area contributed by atoms with Crippen LogP contribution < -0.4 is 0 Å². The van der Waals surface area contributed by atoms with Crippen molar-refractivity contribution in [2.45, 2.75) is 32.7 Å². The van der Waals surface area contributed by atoms with Gasteiger partial charge in [0.15, 0.2) is 5.78 Å². The van der Waals surface area contributed by atoms with E-state index in [0.717, 1.165) is 22.3 Å². The third-order valence-electron chi connectivity index (χ3n) is 5.10. The predicted octanol–water partition coefficient (Wildman–Crippen LogP) is 5.59. The maximum absolute atomic E-state index is 12.5. The zero-order valence-corrected chi connectivity index (χ0v) is 18.0. The lowest BCUT2D eigenvalue weighted by Gasteiger charge is -2.16. The van der Waals surface area contributed by atoms with Crippen molar-refractivity contribution in [1.82, 2.24) is 9.88 Å². The molecule has 0 unspecified atom stereocenters. The molecular formula is C25H25ClN2O2. The van der Waals surface area contributed by atoms with E-state index in [2.05, 4.69) is 4.98 Å². The van der Waals surface area contributed by atoms with Crippen LogP contribution in [0.5, 0.6) is 0 Å². The maximum atomic E-state index is 12.5. The van der Waals surface area contributed by atoms with E-state index in [1.54, 1.807) is 11.1 Å². The zero-order valence-electron chi connectivity index (χ0n) is 17.3. The van der Waals surface area contributed by atoms with Gasteiger partial charge in [-0.15, -0.1) is 0 Å². The molecule has 0 saturated heterocycles. The molecule has 0 atom stereocenters. The average Bonchev–Trinajstić information content (AvgIpc) is 2.78. The summed E-state index contributed by atoms with van der Waals surface area (Å²) in [6.07, 6.45) is 3.12. The summed E-state index contributed by atoms with van der Waals surface area (Å²) >= 11 is 6.06. The van der Waals surface area contributed by atoms with E-state index < -0.39 is 0 Å². The minimum atomic E-state index is 0.0837. The van der Waals surface area contributed by atoms with E-state index in [-0.39, 0.29) is 11.7 Å². The largest absolute Gasteiger partial charge is 0.341 e. The number of carbonyl (C=O) groups excluding carboxylic acids is 2. The Balaban J connectivity index is 1.61. The lowest BCUT2D eigenvalue weighted by atomic mass is 9.99. The normalized spacial score (nSPS) is 10.6. The molecule has 0 N–H and O–H groups in total. The number of amides is 1. The Morgan fingerprint density at radius 2 is 1.60 bits per heavy atom. The second kappa shape index (κ2) is 10.2. The Morgan fingerprint density at radius 3 is 2.20 bits per heavy atom. The lowest BCUT2D eigenvalue weighted by molar-refractivity contribution is -0.130. The fourth-order valence-corrected chi connectivity index (χ4v) is 3.50.